The number of aromatic hydroxyl groups is 3. The summed E-state index contributed by atoms with van der Waals surface area (Å²) in [4.78, 5) is 0. The molecule has 36 heavy (non-hydrogen) atoms. The van der Waals surface area contributed by atoms with Crippen LogP contribution in [0.2, 0.25) is 0 Å². The third kappa shape index (κ3) is 4.18. The Morgan fingerprint density at radius 2 is 1.44 bits per heavy atom. The fraction of sp³-hybridized carbons (Fsp3) is 0.133. The largest absolute Gasteiger partial charge is 0.507 e. The summed E-state index contributed by atoms with van der Waals surface area (Å²) < 4.78 is 17.3. The quantitative estimate of drug-likeness (QED) is 0.222. The average Bonchev–Trinajstić information content (AvgIpc) is 3.29. The van der Waals surface area contributed by atoms with E-state index in [1.165, 1.54) is 13.2 Å². The second kappa shape index (κ2) is 9.58. The summed E-state index contributed by atoms with van der Waals surface area (Å²) >= 11 is 0. The van der Waals surface area contributed by atoms with Crippen molar-refractivity contribution in [2.24, 2.45) is 0 Å². The van der Waals surface area contributed by atoms with Crippen molar-refractivity contribution in [1.29, 1.82) is 0 Å². The lowest BCUT2D eigenvalue weighted by Gasteiger charge is -2.22. The molecule has 6 heteroatoms. The van der Waals surface area contributed by atoms with Gasteiger partial charge in [0.15, 0.2) is 11.5 Å². The van der Waals surface area contributed by atoms with Gasteiger partial charge in [-0.3, -0.25) is 0 Å². The first-order valence-electron chi connectivity index (χ1n) is 11.5. The van der Waals surface area contributed by atoms with Crippen molar-refractivity contribution in [3.8, 4) is 34.5 Å². The Morgan fingerprint density at radius 1 is 0.722 bits per heavy atom. The van der Waals surface area contributed by atoms with Crippen LogP contribution in [0.1, 0.15) is 39.8 Å². The fourth-order valence-corrected chi connectivity index (χ4v) is 4.67. The van der Waals surface area contributed by atoms with E-state index in [2.05, 4.69) is 0 Å². The zero-order valence-electron chi connectivity index (χ0n) is 19.9. The first-order chi connectivity index (χ1) is 17.5. The van der Waals surface area contributed by atoms with Gasteiger partial charge in [0, 0.05) is 22.8 Å². The zero-order chi connectivity index (χ0) is 25.2. The highest BCUT2D eigenvalue weighted by atomic mass is 16.5. The molecule has 0 bridgehead atoms. The molecule has 0 saturated heterocycles. The minimum atomic E-state index is -0.507. The third-order valence-corrected chi connectivity index (χ3v) is 6.41. The standard InChI is InChI=1S/C30H26O6/c1-34-22-14-20(13-12-18-8-6-7-11-23(18)31)27-25(17-22)36-30(28(27)19-9-4-3-5-10-19)21-15-24(32)29(33)26(16-21)35-2/h3-17,28,30-33H,1-2H3. The molecule has 1 aliphatic rings. The predicted molar refractivity (Wildman–Crippen MR) is 138 cm³/mol. The van der Waals surface area contributed by atoms with Crippen LogP contribution < -0.4 is 14.2 Å². The Morgan fingerprint density at radius 3 is 2.17 bits per heavy atom. The molecule has 0 spiro atoms. The smallest absolute Gasteiger partial charge is 0.200 e. The number of phenols is 3. The van der Waals surface area contributed by atoms with Crippen LogP contribution in [-0.2, 0) is 0 Å². The number of fused-ring (bicyclic) bond motifs is 1. The summed E-state index contributed by atoms with van der Waals surface area (Å²) in [6.07, 6.45) is 3.29. The minimum Gasteiger partial charge on any atom is -0.507 e. The van der Waals surface area contributed by atoms with E-state index < -0.39 is 6.10 Å². The first-order valence-corrected chi connectivity index (χ1v) is 11.5. The van der Waals surface area contributed by atoms with Crippen molar-refractivity contribution in [3.63, 3.8) is 0 Å². The molecule has 4 aromatic rings. The number of hydrogen-bond donors (Lipinski definition) is 3. The van der Waals surface area contributed by atoms with Gasteiger partial charge < -0.3 is 29.5 Å². The summed E-state index contributed by atoms with van der Waals surface area (Å²) in [6, 6.07) is 24.1. The molecule has 4 aromatic carbocycles. The topological polar surface area (TPSA) is 88.4 Å². The number of rotatable bonds is 6. The molecule has 0 aliphatic carbocycles. The fourth-order valence-electron chi connectivity index (χ4n) is 4.67. The van der Waals surface area contributed by atoms with E-state index >= 15 is 0 Å². The molecule has 0 saturated carbocycles. The van der Waals surface area contributed by atoms with Crippen molar-refractivity contribution < 1.29 is 29.5 Å². The molecule has 0 amide bonds. The van der Waals surface area contributed by atoms with Gasteiger partial charge in [0.1, 0.15) is 23.4 Å². The van der Waals surface area contributed by atoms with Crippen molar-refractivity contribution in [2.45, 2.75) is 12.0 Å². The summed E-state index contributed by atoms with van der Waals surface area (Å²) in [5.41, 5.74) is 4.19. The zero-order valence-corrected chi connectivity index (χ0v) is 19.9. The Kier molecular flexibility index (Phi) is 6.17. The van der Waals surface area contributed by atoms with Gasteiger partial charge in [0.2, 0.25) is 5.75 Å². The third-order valence-electron chi connectivity index (χ3n) is 6.41. The van der Waals surface area contributed by atoms with Gasteiger partial charge in [-0.1, -0.05) is 60.7 Å². The van der Waals surface area contributed by atoms with E-state index in [1.807, 2.05) is 66.7 Å². The summed E-state index contributed by atoms with van der Waals surface area (Å²) in [6.45, 7) is 0. The van der Waals surface area contributed by atoms with Gasteiger partial charge in [-0.2, -0.15) is 0 Å². The Labute approximate surface area is 209 Å². The van der Waals surface area contributed by atoms with E-state index in [0.717, 1.165) is 16.7 Å². The van der Waals surface area contributed by atoms with Gasteiger partial charge in [-0.25, -0.2) is 0 Å². The SMILES string of the molecule is COc1cc(C=Cc2ccccc2O)c2c(c1)OC(c1cc(O)c(O)c(OC)c1)C2c1ccccc1. The normalized spacial score (nSPS) is 16.5. The van der Waals surface area contributed by atoms with Crippen molar-refractivity contribution >= 4 is 12.2 Å². The molecule has 1 heterocycles. The summed E-state index contributed by atoms with van der Waals surface area (Å²) in [5, 5.41) is 30.8. The molecule has 5 rings (SSSR count). The van der Waals surface area contributed by atoms with Crippen molar-refractivity contribution in [2.75, 3.05) is 14.2 Å². The molecule has 0 radical (unpaired) electrons. The van der Waals surface area contributed by atoms with Crippen LogP contribution >= 0.6 is 0 Å². The van der Waals surface area contributed by atoms with Crippen LogP contribution in [0.3, 0.4) is 0 Å². The van der Waals surface area contributed by atoms with E-state index in [4.69, 9.17) is 14.2 Å². The molecule has 2 unspecified atom stereocenters. The average molecular weight is 483 g/mol. The van der Waals surface area contributed by atoms with Crippen LogP contribution in [0.25, 0.3) is 12.2 Å². The summed E-state index contributed by atoms with van der Waals surface area (Å²) in [5.74, 6) is 0.794. The van der Waals surface area contributed by atoms with Gasteiger partial charge in [0.25, 0.3) is 0 Å². The van der Waals surface area contributed by atoms with Gasteiger partial charge in [0.05, 0.1) is 20.1 Å². The molecule has 182 valence electrons. The number of phenolic OH excluding ortho intramolecular Hbond substituents is 3. The van der Waals surface area contributed by atoms with E-state index in [-0.39, 0.29) is 28.9 Å². The predicted octanol–water partition coefficient (Wildman–Crippen LogP) is 6.26. The van der Waals surface area contributed by atoms with Crippen LogP contribution in [0.5, 0.6) is 34.5 Å². The highest BCUT2D eigenvalue weighted by Crippen LogP contribution is 2.54. The van der Waals surface area contributed by atoms with Crippen LogP contribution in [0.15, 0.2) is 78.9 Å². The van der Waals surface area contributed by atoms with E-state index in [1.54, 1.807) is 25.3 Å². The molecular weight excluding hydrogens is 456 g/mol. The van der Waals surface area contributed by atoms with E-state index in [0.29, 0.717) is 22.6 Å². The number of hydrogen-bond acceptors (Lipinski definition) is 6. The Hall–Kier alpha value is -4.58. The number of methoxy groups -OCH3 is 2. The van der Waals surface area contributed by atoms with Crippen LogP contribution in [0, 0.1) is 0 Å². The lowest BCUT2D eigenvalue weighted by molar-refractivity contribution is 0.220. The maximum atomic E-state index is 10.4. The number of ether oxygens (including phenoxy) is 3. The number of para-hydroxylation sites is 1. The summed E-state index contributed by atoms with van der Waals surface area (Å²) in [7, 11) is 3.03. The van der Waals surface area contributed by atoms with Crippen LogP contribution in [-0.4, -0.2) is 29.5 Å². The number of benzene rings is 4. The van der Waals surface area contributed by atoms with Gasteiger partial charge in [-0.05, 0) is 35.4 Å². The monoisotopic (exact) mass is 482 g/mol. The van der Waals surface area contributed by atoms with Crippen molar-refractivity contribution in [1.82, 2.24) is 0 Å². The van der Waals surface area contributed by atoms with Crippen LogP contribution in [0.4, 0.5) is 0 Å². The Balaban J connectivity index is 1.69. The molecule has 3 N–H and O–H groups in total. The molecule has 1 aliphatic heterocycles. The lowest BCUT2D eigenvalue weighted by atomic mass is 9.82. The lowest BCUT2D eigenvalue weighted by Crippen LogP contribution is -2.12. The highest BCUT2D eigenvalue weighted by molar-refractivity contribution is 5.77. The van der Waals surface area contributed by atoms with Crippen molar-refractivity contribution in [3.05, 3.63) is 107 Å². The maximum absolute atomic E-state index is 10.4. The Bertz CT molecular complexity index is 1430. The molecule has 2 atom stereocenters. The highest BCUT2D eigenvalue weighted by Gasteiger charge is 2.39. The van der Waals surface area contributed by atoms with E-state index in [9.17, 15) is 15.3 Å². The minimum absolute atomic E-state index is 0.161. The molecular formula is C30H26O6. The molecule has 0 fully saturated rings. The maximum Gasteiger partial charge on any atom is 0.200 e. The molecule has 6 nitrogen and oxygen atoms in total. The molecule has 0 aromatic heterocycles. The van der Waals surface area contributed by atoms with Gasteiger partial charge in [-0.15, -0.1) is 0 Å². The van der Waals surface area contributed by atoms with Gasteiger partial charge >= 0.3 is 0 Å². The first kappa shape index (κ1) is 23.2. The second-order valence-electron chi connectivity index (χ2n) is 8.54. The second-order valence-corrected chi connectivity index (χ2v) is 8.54.